The average Bonchev–Trinajstić information content (AvgIpc) is 2.75. The Labute approximate surface area is 191 Å². The fourth-order valence-corrected chi connectivity index (χ4v) is 4.61. The maximum Gasteiger partial charge on any atom is 0.242 e. The van der Waals surface area contributed by atoms with Crippen LogP contribution in [-0.4, -0.2) is 51.0 Å². The van der Waals surface area contributed by atoms with Crippen molar-refractivity contribution in [1.29, 1.82) is 0 Å². The number of benzene rings is 2. The minimum atomic E-state index is -3.50. The summed E-state index contributed by atoms with van der Waals surface area (Å²) in [5.74, 6) is -0.438. The number of para-hydroxylation sites is 1. The maximum atomic E-state index is 13.1. The largest absolute Gasteiger partial charge is 0.357 e. The van der Waals surface area contributed by atoms with Crippen LogP contribution in [0.3, 0.4) is 0 Å². The van der Waals surface area contributed by atoms with Crippen LogP contribution in [0.1, 0.15) is 36.5 Å². The first-order chi connectivity index (χ1) is 15.1. The van der Waals surface area contributed by atoms with Gasteiger partial charge in [0, 0.05) is 26.6 Å². The van der Waals surface area contributed by atoms with Gasteiger partial charge < -0.3 is 10.2 Å². The molecule has 0 bridgehead atoms. The molecular formula is C24H33N3O4S. The predicted molar refractivity (Wildman–Crippen MR) is 128 cm³/mol. The Balaban J connectivity index is 2.17. The number of aryl methyl sites for hydroxylation is 2. The van der Waals surface area contributed by atoms with E-state index in [0.29, 0.717) is 18.7 Å². The van der Waals surface area contributed by atoms with E-state index >= 15 is 0 Å². The van der Waals surface area contributed by atoms with Gasteiger partial charge in [-0.05, 0) is 49.9 Å². The van der Waals surface area contributed by atoms with Crippen molar-refractivity contribution < 1.29 is 18.0 Å². The van der Waals surface area contributed by atoms with Crippen molar-refractivity contribution in [3.05, 3.63) is 65.2 Å². The molecule has 1 N–H and O–H groups in total. The van der Waals surface area contributed by atoms with Gasteiger partial charge in [-0.25, -0.2) is 8.42 Å². The fraction of sp³-hybridized carbons (Fsp3) is 0.417. The SMILES string of the molecule is CNC(=O)C(C)N(Cc1ccccc1C)C(=O)CCCN(c1ccccc1C)S(C)(=O)=O. The van der Waals surface area contributed by atoms with Crippen LogP contribution in [0.25, 0.3) is 0 Å². The van der Waals surface area contributed by atoms with Gasteiger partial charge in [0.25, 0.3) is 0 Å². The van der Waals surface area contributed by atoms with Gasteiger partial charge in [0.15, 0.2) is 0 Å². The van der Waals surface area contributed by atoms with Crippen molar-refractivity contribution in [1.82, 2.24) is 10.2 Å². The van der Waals surface area contributed by atoms with E-state index in [4.69, 9.17) is 0 Å². The lowest BCUT2D eigenvalue weighted by atomic mass is 10.1. The topological polar surface area (TPSA) is 86.8 Å². The summed E-state index contributed by atoms with van der Waals surface area (Å²) in [7, 11) is -1.96. The molecule has 0 aromatic heterocycles. The molecule has 8 heteroatoms. The highest BCUT2D eigenvalue weighted by molar-refractivity contribution is 7.92. The molecule has 2 rings (SSSR count). The maximum absolute atomic E-state index is 13.1. The quantitative estimate of drug-likeness (QED) is 0.592. The summed E-state index contributed by atoms with van der Waals surface area (Å²) in [6, 6.07) is 14.4. The van der Waals surface area contributed by atoms with E-state index < -0.39 is 16.1 Å². The molecule has 2 aromatic rings. The number of hydrogen-bond donors (Lipinski definition) is 1. The van der Waals surface area contributed by atoms with Crippen LogP contribution in [-0.2, 0) is 26.2 Å². The molecule has 174 valence electrons. The lowest BCUT2D eigenvalue weighted by Crippen LogP contribution is -2.47. The van der Waals surface area contributed by atoms with Crippen molar-refractivity contribution in [2.75, 3.05) is 24.2 Å². The van der Waals surface area contributed by atoms with Gasteiger partial charge in [-0.2, -0.15) is 0 Å². The predicted octanol–water partition coefficient (Wildman–Crippen LogP) is 3.01. The molecule has 1 unspecified atom stereocenters. The summed E-state index contributed by atoms with van der Waals surface area (Å²) >= 11 is 0. The normalized spacial score (nSPS) is 12.2. The van der Waals surface area contributed by atoms with Gasteiger partial charge >= 0.3 is 0 Å². The van der Waals surface area contributed by atoms with Gasteiger partial charge in [-0.3, -0.25) is 13.9 Å². The van der Waals surface area contributed by atoms with Crippen LogP contribution in [0.15, 0.2) is 48.5 Å². The number of amides is 2. The van der Waals surface area contributed by atoms with Gasteiger partial charge in [0.1, 0.15) is 6.04 Å². The van der Waals surface area contributed by atoms with Crippen LogP contribution in [0.4, 0.5) is 5.69 Å². The monoisotopic (exact) mass is 459 g/mol. The smallest absolute Gasteiger partial charge is 0.242 e. The second-order valence-electron chi connectivity index (χ2n) is 7.96. The number of carbonyl (C=O) groups excluding carboxylic acids is 2. The molecule has 1 atom stereocenters. The molecule has 0 saturated heterocycles. The molecule has 2 aromatic carbocycles. The number of rotatable bonds is 10. The number of sulfonamides is 1. The Hall–Kier alpha value is -2.87. The van der Waals surface area contributed by atoms with Crippen LogP contribution in [0.2, 0.25) is 0 Å². The van der Waals surface area contributed by atoms with Crippen molar-refractivity contribution in [3.8, 4) is 0 Å². The molecule has 0 radical (unpaired) electrons. The van der Waals surface area contributed by atoms with Crippen LogP contribution >= 0.6 is 0 Å². The summed E-state index contributed by atoms with van der Waals surface area (Å²) in [6.07, 6.45) is 1.63. The second kappa shape index (κ2) is 11.1. The minimum absolute atomic E-state index is 0.130. The number of carbonyl (C=O) groups is 2. The van der Waals surface area contributed by atoms with Gasteiger partial charge in [0.05, 0.1) is 11.9 Å². The fourth-order valence-electron chi connectivity index (χ4n) is 3.59. The third-order valence-electron chi connectivity index (χ3n) is 5.55. The minimum Gasteiger partial charge on any atom is -0.357 e. The summed E-state index contributed by atoms with van der Waals surface area (Å²) in [5, 5.41) is 2.60. The zero-order chi connectivity index (χ0) is 23.9. The molecular weight excluding hydrogens is 426 g/mol. The highest BCUT2D eigenvalue weighted by atomic mass is 32.2. The van der Waals surface area contributed by atoms with Crippen LogP contribution in [0, 0.1) is 13.8 Å². The summed E-state index contributed by atoms with van der Waals surface area (Å²) in [6.45, 7) is 6.02. The summed E-state index contributed by atoms with van der Waals surface area (Å²) in [4.78, 5) is 27.0. The highest BCUT2D eigenvalue weighted by Gasteiger charge is 2.26. The van der Waals surface area contributed by atoms with E-state index in [9.17, 15) is 18.0 Å². The molecule has 32 heavy (non-hydrogen) atoms. The first-order valence-electron chi connectivity index (χ1n) is 10.6. The summed E-state index contributed by atoms with van der Waals surface area (Å²) < 4.78 is 26.1. The molecule has 0 heterocycles. The van der Waals surface area contributed by atoms with E-state index in [1.54, 1.807) is 31.0 Å². The van der Waals surface area contributed by atoms with Crippen molar-refractivity contribution in [3.63, 3.8) is 0 Å². The molecule has 0 aliphatic rings. The molecule has 7 nitrogen and oxygen atoms in total. The lowest BCUT2D eigenvalue weighted by Gasteiger charge is -2.29. The van der Waals surface area contributed by atoms with Gasteiger partial charge in [0.2, 0.25) is 21.8 Å². The molecule has 0 fully saturated rings. The number of nitrogens with one attached hydrogen (secondary N) is 1. The van der Waals surface area contributed by atoms with Crippen LogP contribution in [0.5, 0.6) is 0 Å². The molecule has 0 saturated carbocycles. The van der Waals surface area contributed by atoms with Crippen LogP contribution < -0.4 is 9.62 Å². The molecule has 0 spiro atoms. The second-order valence-corrected chi connectivity index (χ2v) is 9.87. The molecule has 0 aliphatic carbocycles. The number of hydrogen-bond acceptors (Lipinski definition) is 4. The van der Waals surface area contributed by atoms with Gasteiger partial charge in [-0.15, -0.1) is 0 Å². The van der Waals surface area contributed by atoms with Crippen molar-refractivity contribution >= 4 is 27.5 Å². The van der Waals surface area contributed by atoms with E-state index in [1.807, 2.05) is 50.2 Å². The van der Waals surface area contributed by atoms with E-state index in [0.717, 1.165) is 16.7 Å². The summed E-state index contributed by atoms with van der Waals surface area (Å²) in [5.41, 5.74) is 3.46. The first kappa shape index (κ1) is 25.4. The number of nitrogens with zero attached hydrogens (tertiary/aromatic N) is 2. The van der Waals surface area contributed by atoms with Crippen molar-refractivity contribution in [2.24, 2.45) is 0 Å². The Kier molecular flexibility index (Phi) is 8.83. The zero-order valence-corrected chi connectivity index (χ0v) is 20.3. The Morgan fingerprint density at radius 3 is 2.16 bits per heavy atom. The zero-order valence-electron chi connectivity index (χ0n) is 19.5. The lowest BCUT2D eigenvalue weighted by molar-refractivity contribution is -0.140. The highest BCUT2D eigenvalue weighted by Crippen LogP contribution is 2.23. The third kappa shape index (κ3) is 6.56. The number of likely N-dealkylation sites (N-methyl/N-ethyl adjacent to an activating group) is 1. The van der Waals surface area contributed by atoms with E-state index in [-0.39, 0.29) is 24.8 Å². The Morgan fingerprint density at radius 2 is 1.59 bits per heavy atom. The molecule has 0 aliphatic heterocycles. The third-order valence-corrected chi connectivity index (χ3v) is 6.73. The number of anilines is 1. The first-order valence-corrected chi connectivity index (χ1v) is 12.5. The average molecular weight is 460 g/mol. The van der Waals surface area contributed by atoms with Crippen molar-refractivity contribution in [2.45, 2.75) is 46.2 Å². The standard InChI is InChI=1S/C24H33N3O4S/c1-18-11-6-8-13-21(18)17-26(20(3)24(29)25-4)23(28)15-10-16-27(32(5,30)31)22-14-9-7-12-19(22)2/h6-9,11-14,20H,10,15-17H2,1-5H3,(H,25,29). The van der Waals surface area contributed by atoms with E-state index in [2.05, 4.69) is 5.32 Å². The van der Waals surface area contributed by atoms with Gasteiger partial charge in [-0.1, -0.05) is 42.5 Å². The Bertz CT molecular complexity index is 1050. The molecule has 2 amide bonds. The van der Waals surface area contributed by atoms with E-state index in [1.165, 1.54) is 10.6 Å². The Morgan fingerprint density at radius 1 is 1.00 bits per heavy atom.